The Kier molecular flexibility index (Phi) is 2.56. The summed E-state index contributed by atoms with van der Waals surface area (Å²) in [5.74, 6) is 0.106. The molecule has 0 bridgehead atoms. The minimum Gasteiger partial charge on any atom is -0.390 e. The number of nitrogens with zero attached hydrogens (tertiary/aromatic N) is 3. The summed E-state index contributed by atoms with van der Waals surface area (Å²) in [4.78, 5) is 9.77. The van der Waals surface area contributed by atoms with Crippen molar-refractivity contribution in [2.75, 3.05) is 18.0 Å². The molecule has 1 saturated heterocycles. The van der Waals surface area contributed by atoms with Gasteiger partial charge in [0.05, 0.1) is 18.0 Å². The van der Waals surface area contributed by atoms with Gasteiger partial charge in [0.2, 0.25) is 5.95 Å². The van der Waals surface area contributed by atoms with Crippen LogP contribution in [0.5, 0.6) is 0 Å². The highest BCUT2D eigenvalue weighted by atomic mass is 19.1. The maximum absolute atomic E-state index is 12.6. The average Bonchev–Trinajstić information content (AvgIpc) is 2.20. The Hall–Kier alpha value is -1.23. The van der Waals surface area contributed by atoms with Crippen LogP contribution in [0.3, 0.4) is 0 Å². The summed E-state index contributed by atoms with van der Waals surface area (Å²) in [6.07, 6.45) is 3.70. The van der Waals surface area contributed by atoms with Crippen LogP contribution in [0.4, 0.5) is 10.3 Å². The van der Waals surface area contributed by atoms with Crippen LogP contribution in [0.15, 0.2) is 12.4 Å². The maximum atomic E-state index is 12.6. The first-order valence-electron chi connectivity index (χ1n) is 5.02. The van der Waals surface area contributed by atoms with E-state index in [0.29, 0.717) is 31.9 Å². The highest BCUT2D eigenvalue weighted by Gasteiger charge is 2.28. The van der Waals surface area contributed by atoms with E-state index in [9.17, 15) is 9.50 Å². The zero-order valence-corrected chi connectivity index (χ0v) is 8.65. The zero-order chi connectivity index (χ0) is 10.9. The fourth-order valence-electron chi connectivity index (χ4n) is 1.66. The summed E-state index contributed by atoms with van der Waals surface area (Å²) >= 11 is 0. The number of halogens is 1. The van der Waals surface area contributed by atoms with Crippen molar-refractivity contribution in [1.29, 1.82) is 0 Å². The highest BCUT2D eigenvalue weighted by Crippen LogP contribution is 2.23. The normalized spacial score (nSPS) is 20.3. The fraction of sp³-hybridized carbons (Fsp3) is 0.600. The Balaban J connectivity index is 2.04. The topological polar surface area (TPSA) is 49.2 Å². The minimum absolute atomic E-state index is 0.428. The van der Waals surface area contributed by atoms with Gasteiger partial charge in [-0.1, -0.05) is 0 Å². The lowest BCUT2D eigenvalue weighted by atomic mass is 9.94. The molecule has 2 rings (SSSR count). The number of piperidine rings is 1. The van der Waals surface area contributed by atoms with Crippen molar-refractivity contribution in [3.05, 3.63) is 18.2 Å². The van der Waals surface area contributed by atoms with E-state index < -0.39 is 11.4 Å². The predicted octanol–water partition coefficient (Wildman–Crippen LogP) is 0.967. The molecule has 1 aromatic rings. The maximum Gasteiger partial charge on any atom is 0.225 e. The van der Waals surface area contributed by atoms with Crippen LogP contribution < -0.4 is 4.90 Å². The Morgan fingerprint density at radius 3 is 2.40 bits per heavy atom. The van der Waals surface area contributed by atoms with Crippen LogP contribution in [0.2, 0.25) is 0 Å². The molecule has 0 amide bonds. The lowest BCUT2D eigenvalue weighted by Gasteiger charge is -2.35. The van der Waals surface area contributed by atoms with E-state index in [1.165, 1.54) is 0 Å². The van der Waals surface area contributed by atoms with Crippen molar-refractivity contribution in [3.8, 4) is 0 Å². The van der Waals surface area contributed by atoms with Gasteiger partial charge >= 0.3 is 0 Å². The van der Waals surface area contributed by atoms with E-state index >= 15 is 0 Å². The lowest BCUT2D eigenvalue weighted by molar-refractivity contribution is 0.0348. The molecule has 0 unspecified atom stereocenters. The van der Waals surface area contributed by atoms with Gasteiger partial charge < -0.3 is 10.0 Å². The molecular formula is C10H14FN3O. The molecule has 0 saturated carbocycles. The molecule has 0 spiro atoms. The Bertz CT molecular complexity index is 329. The second kappa shape index (κ2) is 3.73. The second-order valence-corrected chi connectivity index (χ2v) is 4.19. The van der Waals surface area contributed by atoms with Crippen molar-refractivity contribution in [2.45, 2.75) is 25.4 Å². The van der Waals surface area contributed by atoms with Crippen LogP contribution in [-0.2, 0) is 0 Å². The van der Waals surface area contributed by atoms with Gasteiger partial charge in [0.1, 0.15) is 0 Å². The monoisotopic (exact) mass is 211 g/mol. The Labute approximate surface area is 87.8 Å². The number of hydrogen-bond acceptors (Lipinski definition) is 4. The van der Waals surface area contributed by atoms with E-state index in [0.717, 1.165) is 12.4 Å². The molecule has 1 N–H and O–H groups in total. The van der Waals surface area contributed by atoms with Crippen molar-refractivity contribution >= 4 is 5.95 Å². The molecule has 15 heavy (non-hydrogen) atoms. The number of aliphatic hydroxyl groups is 1. The smallest absolute Gasteiger partial charge is 0.225 e. The van der Waals surface area contributed by atoms with Crippen LogP contribution in [0.1, 0.15) is 19.8 Å². The molecule has 1 aliphatic heterocycles. The fourth-order valence-corrected chi connectivity index (χ4v) is 1.66. The van der Waals surface area contributed by atoms with Gasteiger partial charge in [-0.25, -0.2) is 14.4 Å². The number of hydrogen-bond donors (Lipinski definition) is 1. The summed E-state index contributed by atoms with van der Waals surface area (Å²) in [5, 5.41) is 9.76. The van der Waals surface area contributed by atoms with Gasteiger partial charge in [-0.05, 0) is 19.8 Å². The Morgan fingerprint density at radius 1 is 1.33 bits per heavy atom. The van der Waals surface area contributed by atoms with Gasteiger partial charge in [0.25, 0.3) is 0 Å². The summed E-state index contributed by atoms with van der Waals surface area (Å²) in [6, 6.07) is 0. The van der Waals surface area contributed by atoms with Crippen molar-refractivity contribution < 1.29 is 9.50 Å². The van der Waals surface area contributed by atoms with Gasteiger partial charge in [-0.2, -0.15) is 0 Å². The zero-order valence-electron chi connectivity index (χ0n) is 8.65. The number of anilines is 1. The molecule has 0 atom stereocenters. The summed E-state index contributed by atoms with van der Waals surface area (Å²) in [6.45, 7) is 3.24. The molecule has 1 aliphatic rings. The van der Waals surface area contributed by atoms with Crippen molar-refractivity contribution in [2.24, 2.45) is 0 Å². The van der Waals surface area contributed by atoms with E-state index in [-0.39, 0.29) is 0 Å². The molecule has 0 radical (unpaired) electrons. The first-order chi connectivity index (χ1) is 7.07. The van der Waals surface area contributed by atoms with Crippen molar-refractivity contribution in [3.63, 3.8) is 0 Å². The third-order valence-electron chi connectivity index (χ3n) is 2.73. The molecule has 4 nitrogen and oxygen atoms in total. The SMILES string of the molecule is CC1(O)CCN(c2ncc(F)cn2)CC1. The molecule has 5 heteroatoms. The highest BCUT2D eigenvalue weighted by molar-refractivity contribution is 5.29. The van der Waals surface area contributed by atoms with Crippen LogP contribution in [0, 0.1) is 5.82 Å². The first-order valence-corrected chi connectivity index (χ1v) is 5.02. The predicted molar refractivity (Wildman–Crippen MR) is 54.1 cm³/mol. The van der Waals surface area contributed by atoms with Crippen molar-refractivity contribution in [1.82, 2.24) is 9.97 Å². The summed E-state index contributed by atoms with van der Waals surface area (Å²) in [7, 11) is 0. The van der Waals surface area contributed by atoms with Gasteiger partial charge in [0, 0.05) is 13.1 Å². The average molecular weight is 211 g/mol. The number of aromatic nitrogens is 2. The third kappa shape index (κ3) is 2.41. The number of rotatable bonds is 1. The van der Waals surface area contributed by atoms with E-state index in [1.807, 2.05) is 11.8 Å². The molecule has 1 aromatic heterocycles. The summed E-state index contributed by atoms with van der Waals surface area (Å²) < 4.78 is 12.6. The lowest BCUT2D eigenvalue weighted by Crippen LogP contribution is -2.43. The molecule has 82 valence electrons. The third-order valence-corrected chi connectivity index (χ3v) is 2.73. The molecular weight excluding hydrogens is 197 g/mol. The molecule has 2 heterocycles. The van der Waals surface area contributed by atoms with Crippen LogP contribution >= 0.6 is 0 Å². The molecule has 1 fully saturated rings. The van der Waals surface area contributed by atoms with E-state index in [2.05, 4.69) is 9.97 Å². The van der Waals surface area contributed by atoms with Gasteiger partial charge in [-0.15, -0.1) is 0 Å². The summed E-state index contributed by atoms with van der Waals surface area (Å²) in [5.41, 5.74) is -0.587. The molecule has 0 aromatic carbocycles. The van der Waals surface area contributed by atoms with Crippen LogP contribution in [0.25, 0.3) is 0 Å². The molecule has 0 aliphatic carbocycles. The quantitative estimate of drug-likeness (QED) is 0.752. The van der Waals surface area contributed by atoms with Gasteiger partial charge in [-0.3, -0.25) is 0 Å². The minimum atomic E-state index is -0.587. The largest absolute Gasteiger partial charge is 0.390 e. The van der Waals surface area contributed by atoms with Crippen LogP contribution in [-0.4, -0.2) is 33.8 Å². The Morgan fingerprint density at radius 2 is 1.87 bits per heavy atom. The standard InChI is InChI=1S/C10H14FN3O/c1-10(15)2-4-14(5-3-10)9-12-6-8(11)7-13-9/h6-7,15H,2-5H2,1H3. The van der Waals surface area contributed by atoms with E-state index in [4.69, 9.17) is 0 Å². The second-order valence-electron chi connectivity index (χ2n) is 4.19. The van der Waals surface area contributed by atoms with Gasteiger partial charge in [0.15, 0.2) is 5.82 Å². The van der Waals surface area contributed by atoms with E-state index in [1.54, 1.807) is 0 Å². The first kappa shape index (κ1) is 10.3.